The molecule has 0 aliphatic rings. The van der Waals surface area contributed by atoms with Gasteiger partial charge < -0.3 is 10.1 Å². The third kappa shape index (κ3) is 5.29. The quantitative estimate of drug-likeness (QED) is 0.708. The maximum atomic E-state index is 6.03. The molecule has 0 spiro atoms. The number of hydrogen-bond acceptors (Lipinski definition) is 3. The molecule has 0 bridgehead atoms. The molecule has 2 atom stereocenters. The van der Waals surface area contributed by atoms with Crippen molar-refractivity contribution in [2.24, 2.45) is 0 Å². The molecule has 5 heteroatoms. The van der Waals surface area contributed by atoms with Crippen molar-refractivity contribution in [2.75, 3.05) is 6.54 Å². The largest absolute Gasteiger partial charge is 0.489 e. The molecule has 2 rings (SSSR count). The molecule has 0 saturated heterocycles. The molecule has 1 aromatic carbocycles. The number of rotatable bonds is 7. The zero-order valence-electron chi connectivity index (χ0n) is 12.1. The Balaban J connectivity index is 2.02. The van der Waals surface area contributed by atoms with E-state index in [9.17, 15) is 0 Å². The lowest BCUT2D eigenvalue weighted by molar-refractivity contribution is 0.171. The summed E-state index contributed by atoms with van der Waals surface area (Å²) in [6.07, 6.45) is 1.01. The second kappa shape index (κ2) is 8.18. The minimum Gasteiger partial charge on any atom is -0.489 e. The normalized spacial score (nSPS) is 13.9. The first kappa shape index (κ1) is 16.8. The number of halogens is 2. The number of thiophene rings is 1. The van der Waals surface area contributed by atoms with E-state index in [0.29, 0.717) is 5.02 Å². The van der Waals surface area contributed by atoms with E-state index in [-0.39, 0.29) is 12.1 Å². The van der Waals surface area contributed by atoms with Crippen molar-refractivity contribution in [3.63, 3.8) is 0 Å². The average molecular weight is 389 g/mol. The Morgan fingerprint density at radius 1 is 1.33 bits per heavy atom. The number of benzene rings is 1. The van der Waals surface area contributed by atoms with Crippen LogP contribution in [0.15, 0.2) is 40.2 Å². The lowest BCUT2D eigenvalue weighted by Gasteiger charge is -2.25. The van der Waals surface area contributed by atoms with Gasteiger partial charge in [-0.25, -0.2) is 0 Å². The first-order chi connectivity index (χ1) is 10.1. The van der Waals surface area contributed by atoms with Crippen molar-refractivity contribution in [2.45, 2.75) is 32.4 Å². The van der Waals surface area contributed by atoms with Crippen molar-refractivity contribution in [3.8, 4) is 5.75 Å². The van der Waals surface area contributed by atoms with Crippen molar-refractivity contribution in [1.29, 1.82) is 0 Å². The van der Waals surface area contributed by atoms with E-state index < -0.39 is 0 Å². The Morgan fingerprint density at radius 2 is 2.14 bits per heavy atom. The van der Waals surface area contributed by atoms with E-state index in [1.807, 2.05) is 24.3 Å². The van der Waals surface area contributed by atoms with Crippen LogP contribution in [0.25, 0.3) is 0 Å². The fourth-order valence-corrected chi connectivity index (χ4v) is 3.90. The third-order valence-corrected chi connectivity index (χ3v) is 5.08. The predicted molar refractivity (Wildman–Crippen MR) is 94.7 cm³/mol. The first-order valence-electron chi connectivity index (χ1n) is 6.98. The summed E-state index contributed by atoms with van der Waals surface area (Å²) >= 11 is 11.3. The molecule has 2 nitrogen and oxygen atoms in total. The summed E-state index contributed by atoms with van der Waals surface area (Å²) in [7, 11) is 0. The molecule has 0 aliphatic heterocycles. The summed E-state index contributed by atoms with van der Waals surface area (Å²) < 4.78 is 7.20. The van der Waals surface area contributed by atoms with Crippen molar-refractivity contribution in [1.82, 2.24) is 5.32 Å². The number of ether oxygens (including phenoxy) is 1. The lowest BCUT2D eigenvalue weighted by atomic mass is 10.1. The standard InChI is InChI=1S/C16H19BrClNOS/c1-3-19-15(10-14-7-8-16(17)21-14)11(2)20-13-6-4-5-12(18)9-13/h4-9,11,15,19H,3,10H2,1-2H3. The molecular formula is C16H19BrClNOS. The monoisotopic (exact) mass is 387 g/mol. The minimum absolute atomic E-state index is 0.0595. The van der Waals surface area contributed by atoms with Crippen LogP contribution in [0.2, 0.25) is 5.02 Å². The zero-order chi connectivity index (χ0) is 15.2. The Kier molecular flexibility index (Phi) is 6.55. The fraction of sp³-hybridized carbons (Fsp3) is 0.375. The zero-order valence-corrected chi connectivity index (χ0v) is 15.3. The first-order valence-corrected chi connectivity index (χ1v) is 8.97. The highest BCUT2D eigenvalue weighted by Crippen LogP contribution is 2.25. The van der Waals surface area contributed by atoms with Crippen molar-refractivity contribution < 1.29 is 4.74 Å². The average Bonchev–Trinajstić information content (AvgIpc) is 2.84. The highest BCUT2D eigenvalue weighted by molar-refractivity contribution is 9.11. The summed E-state index contributed by atoms with van der Waals surface area (Å²) in [6, 6.07) is 12.1. The SMILES string of the molecule is CCNC(Cc1ccc(Br)s1)C(C)Oc1cccc(Cl)c1. The number of likely N-dealkylation sites (N-methyl/N-ethyl adjacent to an activating group) is 1. The van der Waals surface area contributed by atoms with Crippen LogP contribution in [0, 0.1) is 0 Å². The molecule has 0 amide bonds. The van der Waals surface area contributed by atoms with Gasteiger partial charge in [0.1, 0.15) is 11.9 Å². The minimum atomic E-state index is 0.0595. The summed E-state index contributed by atoms with van der Waals surface area (Å²) in [5.74, 6) is 0.810. The second-order valence-corrected chi connectivity index (χ2v) is 7.84. The van der Waals surface area contributed by atoms with E-state index in [0.717, 1.165) is 22.5 Å². The van der Waals surface area contributed by atoms with Gasteiger partial charge in [-0.2, -0.15) is 0 Å². The van der Waals surface area contributed by atoms with E-state index in [4.69, 9.17) is 16.3 Å². The van der Waals surface area contributed by atoms with Crippen LogP contribution in [0.3, 0.4) is 0 Å². The Hall–Kier alpha value is -0.550. The van der Waals surface area contributed by atoms with Crippen LogP contribution in [0.5, 0.6) is 5.75 Å². The Labute approximate surface area is 143 Å². The van der Waals surface area contributed by atoms with Crippen LogP contribution in [0.1, 0.15) is 18.7 Å². The van der Waals surface area contributed by atoms with Gasteiger partial charge in [0.2, 0.25) is 0 Å². The van der Waals surface area contributed by atoms with E-state index in [1.54, 1.807) is 11.3 Å². The highest BCUT2D eigenvalue weighted by atomic mass is 79.9. The molecule has 0 fully saturated rings. The highest BCUT2D eigenvalue weighted by Gasteiger charge is 2.19. The molecule has 0 aliphatic carbocycles. The molecule has 114 valence electrons. The second-order valence-electron chi connectivity index (χ2n) is 4.85. The maximum Gasteiger partial charge on any atom is 0.121 e. The summed E-state index contributed by atoms with van der Waals surface area (Å²) in [4.78, 5) is 1.34. The van der Waals surface area contributed by atoms with E-state index in [2.05, 4.69) is 47.2 Å². The molecule has 1 N–H and O–H groups in total. The summed E-state index contributed by atoms with van der Waals surface area (Å²) in [6.45, 7) is 5.13. The van der Waals surface area contributed by atoms with Gasteiger partial charge in [-0.05, 0) is 59.7 Å². The maximum absolute atomic E-state index is 6.03. The fourth-order valence-electron chi connectivity index (χ4n) is 2.18. The molecule has 0 radical (unpaired) electrons. The Morgan fingerprint density at radius 3 is 2.76 bits per heavy atom. The van der Waals surface area contributed by atoms with Crippen molar-refractivity contribution >= 4 is 38.9 Å². The van der Waals surface area contributed by atoms with Gasteiger partial charge in [0.05, 0.1) is 3.79 Å². The molecule has 1 heterocycles. The molecule has 0 saturated carbocycles. The molecular weight excluding hydrogens is 370 g/mol. The van der Waals surface area contributed by atoms with Gasteiger partial charge in [0.15, 0.2) is 0 Å². The number of hydrogen-bond donors (Lipinski definition) is 1. The van der Waals surface area contributed by atoms with Gasteiger partial charge in [0, 0.05) is 22.4 Å². The molecule has 2 aromatic rings. The molecule has 2 unspecified atom stereocenters. The topological polar surface area (TPSA) is 21.3 Å². The lowest BCUT2D eigenvalue weighted by Crippen LogP contribution is -2.42. The Bertz CT molecular complexity index is 575. The smallest absolute Gasteiger partial charge is 0.121 e. The predicted octanol–water partition coefficient (Wildman–Crippen LogP) is 5.15. The van der Waals surface area contributed by atoms with Crippen LogP contribution in [0.4, 0.5) is 0 Å². The van der Waals surface area contributed by atoms with E-state index in [1.165, 1.54) is 4.88 Å². The van der Waals surface area contributed by atoms with Gasteiger partial charge in [-0.15, -0.1) is 11.3 Å². The van der Waals surface area contributed by atoms with Crippen LogP contribution in [-0.4, -0.2) is 18.7 Å². The van der Waals surface area contributed by atoms with Crippen LogP contribution < -0.4 is 10.1 Å². The molecule has 21 heavy (non-hydrogen) atoms. The van der Waals surface area contributed by atoms with Crippen LogP contribution in [-0.2, 0) is 6.42 Å². The number of nitrogens with one attached hydrogen (secondary N) is 1. The van der Waals surface area contributed by atoms with Crippen LogP contribution >= 0.6 is 38.9 Å². The summed E-state index contributed by atoms with van der Waals surface area (Å²) in [5, 5.41) is 4.20. The van der Waals surface area contributed by atoms with Crippen molar-refractivity contribution in [3.05, 3.63) is 50.1 Å². The van der Waals surface area contributed by atoms with E-state index >= 15 is 0 Å². The van der Waals surface area contributed by atoms with Gasteiger partial charge in [-0.3, -0.25) is 0 Å². The van der Waals surface area contributed by atoms with Gasteiger partial charge >= 0.3 is 0 Å². The van der Waals surface area contributed by atoms with Gasteiger partial charge in [-0.1, -0.05) is 24.6 Å². The summed E-state index contributed by atoms with van der Waals surface area (Å²) in [5.41, 5.74) is 0. The third-order valence-electron chi connectivity index (χ3n) is 3.20. The molecule has 1 aromatic heterocycles. The van der Waals surface area contributed by atoms with Gasteiger partial charge in [0.25, 0.3) is 0 Å².